The van der Waals surface area contributed by atoms with Crippen LogP contribution in [0.25, 0.3) is 11.0 Å². The lowest BCUT2D eigenvalue weighted by atomic mass is 9.92. The number of nitrogens with one attached hydrogen (secondary N) is 1. The van der Waals surface area contributed by atoms with Crippen LogP contribution in [0.3, 0.4) is 0 Å². The van der Waals surface area contributed by atoms with E-state index in [9.17, 15) is 9.59 Å². The number of benzene rings is 2. The molecule has 1 aliphatic heterocycles. The van der Waals surface area contributed by atoms with Gasteiger partial charge in [-0.25, -0.2) is 4.98 Å². The van der Waals surface area contributed by atoms with Crippen LogP contribution >= 0.6 is 0 Å². The van der Waals surface area contributed by atoms with E-state index in [-0.39, 0.29) is 17.7 Å². The molecule has 2 aromatic carbocycles. The van der Waals surface area contributed by atoms with E-state index in [1.165, 1.54) is 0 Å². The molecule has 2 heterocycles. The fraction of sp³-hybridized carbons (Fsp3) is 0.400. The molecule has 0 fully saturated rings. The highest BCUT2D eigenvalue weighted by Gasteiger charge is 2.34. The summed E-state index contributed by atoms with van der Waals surface area (Å²) in [5.41, 5.74) is 4.30. The summed E-state index contributed by atoms with van der Waals surface area (Å²) in [5, 5.41) is 3.07. The first-order valence-corrected chi connectivity index (χ1v) is 11.0. The second-order valence-electron chi connectivity index (χ2n) is 8.70. The Balaban J connectivity index is 1.47. The number of carbonyl (C=O) groups is 2. The predicted octanol–water partition coefficient (Wildman–Crippen LogP) is 3.46. The van der Waals surface area contributed by atoms with Gasteiger partial charge in [0.05, 0.1) is 11.0 Å². The molecule has 0 saturated heterocycles. The third-order valence-electron chi connectivity index (χ3n) is 5.93. The first-order valence-electron chi connectivity index (χ1n) is 11.0. The van der Waals surface area contributed by atoms with Crippen LogP contribution in [0.1, 0.15) is 37.2 Å². The smallest absolute Gasteiger partial charge is 0.243 e. The monoisotopic (exact) mass is 418 g/mol. The molecule has 1 aliphatic rings. The molecular weight excluding hydrogens is 388 g/mol. The van der Waals surface area contributed by atoms with E-state index in [1.54, 1.807) is 4.90 Å². The Labute approximate surface area is 183 Å². The van der Waals surface area contributed by atoms with Crippen LogP contribution in [-0.2, 0) is 29.1 Å². The molecule has 0 spiro atoms. The molecule has 0 saturated carbocycles. The highest BCUT2D eigenvalue weighted by atomic mass is 16.2. The molecule has 6 heteroatoms. The van der Waals surface area contributed by atoms with Crippen molar-refractivity contribution in [3.8, 4) is 0 Å². The second kappa shape index (κ2) is 8.92. The van der Waals surface area contributed by atoms with E-state index < -0.39 is 6.04 Å². The highest BCUT2D eigenvalue weighted by Crippen LogP contribution is 2.25. The van der Waals surface area contributed by atoms with Gasteiger partial charge in [0.15, 0.2) is 0 Å². The summed E-state index contributed by atoms with van der Waals surface area (Å²) in [5.74, 6) is 1.14. The number of amides is 2. The number of hydrogen-bond donors (Lipinski definition) is 1. The Bertz CT molecular complexity index is 1100. The zero-order chi connectivity index (χ0) is 22.0. The average molecular weight is 419 g/mol. The van der Waals surface area contributed by atoms with Crippen molar-refractivity contribution in [2.24, 2.45) is 5.92 Å². The number of aromatic nitrogens is 2. The number of rotatable bonds is 6. The summed E-state index contributed by atoms with van der Waals surface area (Å²) < 4.78 is 2.12. The van der Waals surface area contributed by atoms with E-state index in [0.29, 0.717) is 32.5 Å². The summed E-state index contributed by atoms with van der Waals surface area (Å²) in [6.07, 6.45) is 1.01. The van der Waals surface area contributed by atoms with Gasteiger partial charge in [0.25, 0.3) is 0 Å². The molecule has 2 amide bonds. The van der Waals surface area contributed by atoms with Crippen molar-refractivity contribution in [1.29, 1.82) is 0 Å². The summed E-state index contributed by atoms with van der Waals surface area (Å²) >= 11 is 0. The van der Waals surface area contributed by atoms with Crippen LogP contribution < -0.4 is 5.32 Å². The predicted molar refractivity (Wildman–Crippen MR) is 121 cm³/mol. The number of para-hydroxylation sites is 2. The molecule has 1 unspecified atom stereocenters. The number of imidazole rings is 1. The van der Waals surface area contributed by atoms with E-state index >= 15 is 0 Å². The molecule has 1 aromatic heterocycles. The quantitative estimate of drug-likeness (QED) is 0.667. The number of carbonyl (C=O) groups excluding carboxylic acids is 2. The summed E-state index contributed by atoms with van der Waals surface area (Å²) in [4.78, 5) is 32.4. The minimum Gasteiger partial charge on any atom is -0.353 e. The maximum atomic E-state index is 13.2. The standard InChI is InChI=1S/C25H30N4O2/c1-17(2)14-24(30)29-16-20-9-5-4-8-19(20)15-23(29)25(31)26-12-13-28-18(3)27-21-10-6-7-11-22(21)28/h4-11,17,23H,12-16H2,1-3H3,(H,26,31). The van der Waals surface area contributed by atoms with Gasteiger partial charge in [-0.05, 0) is 36.1 Å². The highest BCUT2D eigenvalue weighted by molar-refractivity contribution is 5.88. The van der Waals surface area contributed by atoms with Gasteiger partial charge in [-0.1, -0.05) is 50.2 Å². The molecule has 1 atom stereocenters. The van der Waals surface area contributed by atoms with Crippen LogP contribution in [0.4, 0.5) is 0 Å². The maximum absolute atomic E-state index is 13.2. The Morgan fingerprint density at radius 3 is 2.58 bits per heavy atom. The Hall–Kier alpha value is -3.15. The van der Waals surface area contributed by atoms with Crippen molar-refractivity contribution in [3.63, 3.8) is 0 Å². The molecule has 3 aromatic rings. The first kappa shape index (κ1) is 21.1. The van der Waals surface area contributed by atoms with Crippen molar-refractivity contribution in [2.45, 2.75) is 52.7 Å². The van der Waals surface area contributed by atoms with E-state index in [2.05, 4.69) is 20.9 Å². The normalized spacial score (nSPS) is 15.9. The van der Waals surface area contributed by atoms with Gasteiger partial charge in [-0.3, -0.25) is 9.59 Å². The molecule has 4 rings (SSSR count). The number of fused-ring (bicyclic) bond motifs is 2. The molecule has 0 radical (unpaired) electrons. The first-order chi connectivity index (χ1) is 14.9. The molecule has 1 N–H and O–H groups in total. The number of nitrogens with zero attached hydrogens (tertiary/aromatic N) is 3. The van der Waals surface area contributed by atoms with Crippen molar-refractivity contribution < 1.29 is 9.59 Å². The van der Waals surface area contributed by atoms with Gasteiger partial charge in [-0.15, -0.1) is 0 Å². The lowest BCUT2D eigenvalue weighted by Crippen LogP contribution is -2.53. The molecule has 0 bridgehead atoms. The van der Waals surface area contributed by atoms with Crippen molar-refractivity contribution in [1.82, 2.24) is 19.8 Å². The number of hydrogen-bond acceptors (Lipinski definition) is 3. The Morgan fingerprint density at radius 1 is 1.10 bits per heavy atom. The van der Waals surface area contributed by atoms with Gasteiger partial charge in [0, 0.05) is 32.5 Å². The zero-order valence-electron chi connectivity index (χ0n) is 18.5. The lowest BCUT2D eigenvalue weighted by Gasteiger charge is -2.36. The minimum absolute atomic E-state index is 0.0427. The van der Waals surface area contributed by atoms with Gasteiger partial charge in [-0.2, -0.15) is 0 Å². The van der Waals surface area contributed by atoms with Crippen molar-refractivity contribution >= 4 is 22.8 Å². The lowest BCUT2D eigenvalue weighted by molar-refractivity contribution is -0.142. The second-order valence-corrected chi connectivity index (χ2v) is 8.70. The van der Waals surface area contributed by atoms with Crippen LogP contribution in [0.15, 0.2) is 48.5 Å². The summed E-state index contributed by atoms with van der Waals surface area (Å²) in [7, 11) is 0. The third-order valence-corrected chi connectivity index (χ3v) is 5.93. The van der Waals surface area contributed by atoms with Crippen molar-refractivity contribution in [2.75, 3.05) is 6.54 Å². The van der Waals surface area contributed by atoms with Gasteiger partial charge in [0.2, 0.25) is 11.8 Å². The topological polar surface area (TPSA) is 67.2 Å². The van der Waals surface area contributed by atoms with Crippen LogP contribution in [0, 0.1) is 12.8 Å². The summed E-state index contributed by atoms with van der Waals surface area (Å²) in [6.45, 7) is 7.66. The fourth-order valence-electron chi connectivity index (χ4n) is 4.37. The van der Waals surface area contributed by atoms with E-state index in [0.717, 1.165) is 28.0 Å². The minimum atomic E-state index is -0.471. The van der Waals surface area contributed by atoms with Crippen molar-refractivity contribution in [3.05, 3.63) is 65.5 Å². The molecule has 0 aliphatic carbocycles. The summed E-state index contributed by atoms with van der Waals surface area (Å²) in [6, 6.07) is 15.6. The largest absolute Gasteiger partial charge is 0.353 e. The molecule has 31 heavy (non-hydrogen) atoms. The molecule has 6 nitrogen and oxygen atoms in total. The Kier molecular flexibility index (Phi) is 6.07. The van der Waals surface area contributed by atoms with E-state index in [4.69, 9.17) is 0 Å². The van der Waals surface area contributed by atoms with Crippen LogP contribution in [0.5, 0.6) is 0 Å². The maximum Gasteiger partial charge on any atom is 0.243 e. The SMILES string of the molecule is Cc1nc2ccccc2n1CCNC(=O)C1Cc2ccccc2CN1C(=O)CC(C)C. The van der Waals surface area contributed by atoms with Crippen LogP contribution in [0.2, 0.25) is 0 Å². The average Bonchev–Trinajstić information content (AvgIpc) is 3.07. The van der Waals surface area contributed by atoms with Gasteiger partial charge < -0.3 is 14.8 Å². The van der Waals surface area contributed by atoms with E-state index in [1.807, 2.05) is 63.2 Å². The fourth-order valence-corrected chi connectivity index (χ4v) is 4.37. The van der Waals surface area contributed by atoms with Gasteiger partial charge >= 0.3 is 0 Å². The Morgan fingerprint density at radius 2 is 1.81 bits per heavy atom. The molecular formula is C25H30N4O2. The third kappa shape index (κ3) is 4.48. The van der Waals surface area contributed by atoms with Gasteiger partial charge in [0.1, 0.15) is 11.9 Å². The zero-order valence-corrected chi connectivity index (χ0v) is 18.5. The molecule has 162 valence electrons. The number of aryl methyl sites for hydroxylation is 1. The van der Waals surface area contributed by atoms with Crippen LogP contribution in [-0.4, -0.2) is 38.9 Å².